The molecule has 1 atom stereocenters. The van der Waals surface area contributed by atoms with Crippen molar-refractivity contribution < 1.29 is 9.90 Å². The number of aliphatic hydroxyl groups is 1. The lowest BCUT2D eigenvalue weighted by Gasteiger charge is -2.29. The molecule has 2 N–H and O–H groups in total. The summed E-state index contributed by atoms with van der Waals surface area (Å²) in [5.41, 5.74) is 0.885. The van der Waals surface area contributed by atoms with Gasteiger partial charge in [-0.25, -0.2) is 9.97 Å². The lowest BCUT2D eigenvalue weighted by molar-refractivity contribution is -0.121. The van der Waals surface area contributed by atoms with Crippen LogP contribution in [0.15, 0.2) is 42.5 Å². The molecule has 3 aromatic rings. The minimum Gasteiger partial charge on any atom is -0.385 e. The standard InChI is InChI=1S/C21H23ClN4O2/c1-2-21(28,14-7-4-3-5-8-14)13-18(27)25-20-23-16-11-12-17(22)24-19(16)26(20)15-9-6-10-15/h3-5,7-8,11-12,15,28H,2,6,9-10,13H2,1H3,(H,23,25,27). The second-order valence-electron chi connectivity index (χ2n) is 7.34. The molecule has 0 aliphatic heterocycles. The lowest BCUT2D eigenvalue weighted by Crippen LogP contribution is -2.32. The molecule has 1 aliphatic carbocycles. The minimum atomic E-state index is -1.22. The van der Waals surface area contributed by atoms with Crippen molar-refractivity contribution in [1.29, 1.82) is 0 Å². The van der Waals surface area contributed by atoms with Crippen LogP contribution in [0.1, 0.15) is 50.6 Å². The van der Waals surface area contributed by atoms with Gasteiger partial charge in [0.25, 0.3) is 0 Å². The number of amides is 1. The zero-order chi connectivity index (χ0) is 19.7. The number of halogens is 1. The van der Waals surface area contributed by atoms with Crippen LogP contribution in [0.5, 0.6) is 0 Å². The minimum absolute atomic E-state index is 0.0461. The molecule has 7 heteroatoms. The molecule has 0 radical (unpaired) electrons. The van der Waals surface area contributed by atoms with Crippen molar-refractivity contribution in [2.24, 2.45) is 0 Å². The van der Waals surface area contributed by atoms with Crippen molar-refractivity contribution >= 4 is 34.6 Å². The number of anilines is 1. The molecular weight excluding hydrogens is 376 g/mol. The predicted molar refractivity (Wildman–Crippen MR) is 109 cm³/mol. The van der Waals surface area contributed by atoms with E-state index in [1.54, 1.807) is 6.07 Å². The monoisotopic (exact) mass is 398 g/mol. The first-order valence-electron chi connectivity index (χ1n) is 9.62. The van der Waals surface area contributed by atoms with E-state index in [0.29, 0.717) is 28.7 Å². The first kappa shape index (κ1) is 18.9. The molecule has 28 heavy (non-hydrogen) atoms. The average molecular weight is 399 g/mol. The van der Waals surface area contributed by atoms with Crippen molar-refractivity contribution in [1.82, 2.24) is 14.5 Å². The normalized spacial score (nSPS) is 16.5. The number of fused-ring (bicyclic) bond motifs is 1. The fraction of sp³-hybridized carbons (Fsp3) is 0.381. The maximum Gasteiger partial charge on any atom is 0.229 e. The fourth-order valence-corrected chi connectivity index (χ4v) is 3.79. The van der Waals surface area contributed by atoms with Gasteiger partial charge in [-0.1, -0.05) is 48.9 Å². The summed E-state index contributed by atoms with van der Waals surface area (Å²) in [6.07, 6.45) is 3.56. The number of hydrogen-bond acceptors (Lipinski definition) is 4. The van der Waals surface area contributed by atoms with Crippen LogP contribution in [0, 0.1) is 0 Å². The molecule has 0 bridgehead atoms. The third-order valence-electron chi connectivity index (χ3n) is 5.54. The Hall–Kier alpha value is -2.44. The third-order valence-corrected chi connectivity index (χ3v) is 5.75. The molecule has 1 fully saturated rings. The van der Waals surface area contributed by atoms with E-state index in [9.17, 15) is 9.90 Å². The van der Waals surface area contributed by atoms with Crippen LogP contribution >= 0.6 is 11.6 Å². The topological polar surface area (TPSA) is 80.0 Å². The van der Waals surface area contributed by atoms with Crippen LogP contribution in [0.4, 0.5) is 5.95 Å². The predicted octanol–water partition coefficient (Wildman–Crippen LogP) is 4.44. The van der Waals surface area contributed by atoms with E-state index in [2.05, 4.69) is 15.3 Å². The highest BCUT2D eigenvalue weighted by atomic mass is 35.5. The molecule has 1 saturated carbocycles. The summed E-state index contributed by atoms with van der Waals surface area (Å²) >= 11 is 6.07. The molecule has 2 aromatic heterocycles. The highest BCUT2D eigenvalue weighted by Gasteiger charge is 2.32. The second-order valence-corrected chi connectivity index (χ2v) is 7.73. The molecule has 1 aliphatic rings. The van der Waals surface area contributed by atoms with Gasteiger partial charge in [-0.2, -0.15) is 0 Å². The van der Waals surface area contributed by atoms with Crippen molar-refractivity contribution in [2.75, 3.05) is 5.32 Å². The number of hydrogen-bond donors (Lipinski definition) is 2. The van der Waals surface area contributed by atoms with Gasteiger partial charge >= 0.3 is 0 Å². The quantitative estimate of drug-likeness (QED) is 0.601. The number of benzene rings is 1. The largest absolute Gasteiger partial charge is 0.385 e. The van der Waals surface area contributed by atoms with Gasteiger partial charge in [0, 0.05) is 6.04 Å². The summed E-state index contributed by atoms with van der Waals surface area (Å²) in [5.74, 6) is 0.182. The number of imidazole rings is 1. The zero-order valence-corrected chi connectivity index (χ0v) is 16.5. The number of nitrogens with zero attached hydrogens (tertiary/aromatic N) is 3. The first-order valence-corrected chi connectivity index (χ1v) is 10.0. The van der Waals surface area contributed by atoms with Crippen LogP contribution in [0.2, 0.25) is 5.15 Å². The number of nitrogens with one attached hydrogen (secondary N) is 1. The van der Waals surface area contributed by atoms with Gasteiger partial charge in [-0.3, -0.25) is 14.7 Å². The summed E-state index contributed by atoms with van der Waals surface area (Å²) in [5, 5.41) is 14.3. The van der Waals surface area contributed by atoms with Gasteiger partial charge < -0.3 is 5.11 Å². The lowest BCUT2D eigenvalue weighted by atomic mass is 9.87. The SMILES string of the molecule is CCC(O)(CC(=O)Nc1nc2ccc(Cl)nc2n1C1CCC1)c1ccccc1. The molecule has 146 valence electrons. The summed E-state index contributed by atoms with van der Waals surface area (Å²) < 4.78 is 1.97. The van der Waals surface area contributed by atoms with Crippen LogP contribution < -0.4 is 5.32 Å². The maximum atomic E-state index is 12.8. The smallest absolute Gasteiger partial charge is 0.229 e. The Morgan fingerprint density at radius 1 is 1.25 bits per heavy atom. The molecule has 1 unspecified atom stereocenters. The Morgan fingerprint density at radius 3 is 2.64 bits per heavy atom. The molecule has 4 rings (SSSR count). The van der Waals surface area contributed by atoms with Crippen LogP contribution in [0.3, 0.4) is 0 Å². The van der Waals surface area contributed by atoms with Gasteiger partial charge in [0.15, 0.2) is 5.65 Å². The Labute approximate surface area is 168 Å². The number of carbonyl (C=O) groups is 1. The summed E-state index contributed by atoms with van der Waals surface area (Å²) in [6.45, 7) is 1.87. The molecule has 0 saturated heterocycles. The van der Waals surface area contributed by atoms with E-state index in [0.717, 1.165) is 24.8 Å². The number of carbonyl (C=O) groups excluding carboxylic acids is 1. The Kier molecular flexibility index (Phi) is 5.08. The van der Waals surface area contributed by atoms with Gasteiger partial charge in [0.1, 0.15) is 10.7 Å². The van der Waals surface area contributed by atoms with Crippen LogP contribution in [-0.4, -0.2) is 25.5 Å². The number of rotatable bonds is 6. The fourth-order valence-electron chi connectivity index (χ4n) is 3.64. The molecular formula is C21H23ClN4O2. The average Bonchev–Trinajstić information content (AvgIpc) is 2.98. The van der Waals surface area contributed by atoms with Crippen molar-refractivity contribution in [3.63, 3.8) is 0 Å². The second kappa shape index (κ2) is 7.53. The number of pyridine rings is 1. The number of aromatic nitrogens is 3. The Balaban J connectivity index is 1.61. The van der Waals surface area contributed by atoms with Crippen molar-refractivity contribution in [3.05, 3.63) is 53.2 Å². The molecule has 0 spiro atoms. The molecule has 2 heterocycles. The van der Waals surface area contributed by atoms with Gasteiger partial charge in [-0.05, 0) is 43.4 Å². The highest BCUT2D eigenvalue weighted by molar-refractivity contribution is 6.29. The van der Waals surface area contributed by atoms with E-state index >= 15 is 0 Å². The third kappa shape index (κ3) is 3.50. The summed E-state index contributed by atoms with van der Waals surface area (Å²) in [4.78, 5) is 21.8. The Bertz CT molecular complexity index is 1000. The van der Waals surface area contributed by atoms with E-state index < -0.39 is 5.60 Å². The van der Waals surface area contributed by atoms with E-state index in [-0.39, 0.29) is 18.4 Å². The van der Waals surface area contributed by atoms with E-state index in [1.807, 2.05) is 47.9 Å². The molecule has 6 nitrogen and oxygen atoms in total. The van der Waals surface area contributed by atoms with Gasteiger partial charge in [0.05, 0.1) is 12.0 Å². The summed E-state index contributed by atoms with van der Waals surface area (Å²) in [7, 11) is 0. The van der Waals surface area contributed by atoms with Gasteiger partial charge in [-0.15, -0.1) is 0 Å². The molecule has 1 amide bonds. The summed E-state index contributed by atoms with van der Waals surface area (Å²) in [6, 6.07) is 13.0. The zero-order valence-electron chi connectivity index (χ0n) is 15.7. The van der Waals surface area contributed by atoms with Gasteiger partial charge in [0.2, 0.25) is 11.9 Å². The highest BCUT2D eigenvalue weighted by Crippen LogP contribution is 2.37. The molecule has 1 aromatic carbocycles. The van der Waals surface area contributed by atoms with Crippen LogP contribution in [0.25, 0.3) is 11.2 Å². The van der Waals surface area contributed by atoms with E-state index in [1.165, 1.54) is 0 Å². The maximum absolute atomic E-state index is 12.8. The van der Waals surface area contributed by atoms with Crippen molar-refractivity contribution in [2.45, 2.75) is 50.7 Å². The van der Waals surface area contributed by atoms with E-state index in [4.69, 9.17) is 11.6 Å². The Morgan fingerprint density at radius 2 is 2.00 bits per heavy atom. The first-order chi connectivity index (χ1) is 13.5. The van der Waals surface area contributed by atoms with Crippen molar-refractivity contribution in [3.8, 4) is 0 Å². The van der Waals surface area contributed by atoms with Crippen LogP contribution in [-0.2, 0) is 10.4 Å².